The van der Waals surface area contributed by atoms with Gasteiger partial charge in [0, 0.05) is 0 Å². The van der Waals surface area contributed by atoms with Crippen molar-refractivity contribution in [3.05, 3.63) is 0 Å². The van der Waals surface area contributed by atoms with Gasteiger partial charge in [-0.15, -0.1) is 0 Å². The first-order chi connectivity index (χ1) is 6.00. The summed E-state index contributed by atoms with van der Waals surface area (Å²) in [4.78, 5) is 8.91. The standard InChI is InChI=1S/C10H19O2P/c1-9(2)7-4-5-10(3,6-7)8(9)12-13-11/h7-8,11,13H,4-6H2,1-3H3/t7-,8-,10+/m0/s1. The van der Waals surface area contributed by atoms with E-state index in [9.17, 15) is 0 Å². The third-order valence-corrected chi connectivity index (χ3v) is 4.65. The molecule has 0 aromatic rings. The predicted octanol–water partition coefficient (Wildman–Crippen LogP) is 2.72. The monoisotopic (exact) mass is 202 g/mol. The maximum absolute atomic E-state index is 8.91. The molecule has 1 N–H and O–H groups in total. The molecule has 3 heteroatoms. The summed E-state index contributed by atoms with van der Waals surface area (Å²) in [5.41, 5.74) is 0.604. The first-order valence-electron chi connectivity index (χ1n) is 5.05. The van der Waals surface area contributed by atoms with E-state index in [4.69, 9.17) is 9.42 Å². The van der Waals surface area contributed by atoms with Gasteiger partial charge in [-0.3, -0.25) is 0 Å². The Hall–Kier alpha value is 0.350. The van der Waals surface area contributed by atoms with E-state index < -0.39 is 0 Å². The van der Waals surface area contributed by atoms with Gasteiger partial charge in [0.2, 0.25) is 0 Å². The van der Waals surface area contributed by atoms with Crippen LogP contribution in [0.15, 0.2) is 0 Å². The summed E-state index contributed by atoms with van der Waals surface area (Å²) in [7, 11) is -0.351. The summed E-state index contributed by atoms with van der Waals surface area (Å²) in [6, 6.07) is 0. The Morgan fingerprint density at radius 3 is 2.54 bits per heavy atom. The second kappa shape index (κ2) is 2.92. The number of hydrogen-bond acceptors (Lipinski definition) is 2. The van der Waals surface area contributed by atoms with E-state index in [1.165, 1.54) is 19.3 Å². The Morgan fingerprint density at radius 2 is 2.08 bits per heavy atom. The second-order valence-corrected chi connectivity index (χ2v) is 5.92. The van der Waals surface area contributed by atoms with E-state index in [1.54, 1.807) is 0 Å². The quantitative estimate of drug-likeness (QED) is 0.697. The molecule has 13 heavy (non-hydrogen) atoms. The van der Waals surface area contributed by atoms with Crippen molar-refractivity contribution in [2.24, 2.45) is 16.7 Å². The van der Waals surface area contributed by atoms with Crippen molar-refractivity contribution in [2.75, 3.05) is 0 Å². The SMILES string of the molecule is CC1(C)[C@H]2CC[C@](C)(C2)[C@H]1OPO. The summed E-state index contributed by atoms with van der Waals surface area (Å²) in [6.07, 6.45) is 4.17. The Morgan fingerprint density at radius 1 is 1.38 bits per heavy atom. The lowest BCUT2D eigenvalue weighted by molar-refractivity contribution is -0.00923. The zero-order valence-electron chi connectivity index (χ0n) is 8.63. The summed E-state index contributed by atoms with van der Waals surface area (Å²) in [5, 5.41) is 0. The largest absolute Gasteiger partial charge is 0.352 e. The summed E-state index contributed by atoms with van der Waals surface area (Å²) < 4.78 is 5.54. The van der Waals surface area contributed by atoms with Crippen LogP contribution in [-0.4, -0.2) is 11.0 Å². The highest BCUT2D eigenvalue weighted by molar-refractivity contribution is 7.25. The molecule has 0 spiro atoms. The molecule has 0 radical (unpaired) electrons. The molecule has 0 aliphatic heterocycles. The minimum Gasteiger partial charge on any atom is -0.352 e. The van der Waals surface area contributed by atoms with Gasteiger partial charge in [-0.25, -0.2) is 0 Å². The summed E-state index contributed by atoms with van der Waals surface area (Å²) >= 11 is 0. The average molecular weight is 202 g/mol. The molecule has 2 aliphatic carbocycles. The van der Waals surface area contributed by atoms with E-state index in [0.717, 1.165) is 5.92 Å². The Kier molecular flexibility index (Phi) is 2.22. The van der Waals surface area contributed by atoms with Gasteiger partial charge in [-0.05, 0) is 36.0 Å². The normalized spacial score (nSPS) is 48.0. The van der Waals surface area contributed by atoms with Gasteiger partial charge in [0.15, 0.2) is 9.03 Å². The van der Waals surface area contributed by atoms with Crippen molar-refractivity contribution in [2.45, 2.75) is 46.1 Å². The predicted molar refractivity (Wildman–Crippen MR) is 54.6 cm³/mol. The highest BCUT2D eigenvalue weighted by atomic mass is 31.1. The summed E-state index contributed by atoms with van der Waals surface area (Å²) in [5.74, 6) is 0.804. The number of rotatable bonds is 2. The third-order valence-electron chi connectivity index (χ3n) is 4.31. The van der Waals surface area contributed by atoms with E-state index in [-0.39, 0.29) is 20.6 Å². The molecule has 2 nitrogen and oxygen atoms in total. The fourth-order valence-electron chi connectivity index (χ4n) is 3.60. The fourth-order valence-corrected chi connectivity index (χ4v) is 4.30. The number of hydrogen-bond donors (Lipinski definition) is 1. The van der Waals surface area contributed by atoms with Crippen LogP contribution < -0.4 is 0 Å². The van der Waals surface area contributed by atoms with Crippen molar-refractivity contribution in [1.82, 2.24) is 0 Å². The first kappa shape index (κ1) is 9.89. The zero-order chi connectivity index (χ0) is 9.69. The van der Waals surface area contributed by atoms with Gasteiger partial charge < -0.3 is 9.42 Å². The minimum atomic E-state index is -0.351. The van der Waals surface area contributed by atoms with Gasteiger partial charge >= 0.3 is 0 Å². The summed E-state index contributed by atoms with van der Waals surface area (Å²) in [6.45, 7) is 6.88. The average Bonchev–Trinajstić information content (AvgIpc) is 2.50. The second-order valence-electron chi connectivity index (χ2n) is 5.50. The molecule has 2 rings (SSSR count). The highest BCUT2D eigenvalue weighted by Crippen LogP contribution is 2.64. The van der Waals surface area contributed by atoms with E-state index in [2.05, 4.69) is 20.8 Å². The Bertz CT molecular complexity index is 212. The van der Waals surface area contributed by atoms with Crippen LogP contribution in [0.25, 0.3) is 0 Å². The molecule has 1 unspecified atom stereocenters. The van der Waals surface area contributed by atoms with Crippen LogP contribution in [0.3, 0.4) is 0 Å². The van der Waals surface area contributed by atoms with Crippen LogP contribution in [0, 0.1) is 16.7 Å². The van der Waals surface area contributed by atoms with Crippen LogP contribution >= 0.6 is 9.03 Å². The highest BCUT2D eigenvalue weighted by Gasteiger charge is 2.60. The zero-order valence-corrected chi connectivity index (χ0v) is 9.63. The van der Waals surface area contributed by atoms with Crippen molar-refractivity contribution >= 4 is 9.03 Å². The maximum atomic E-state index is 8.91. The molecule has 2 saturated carbocycles. The first-order valence-corrected chi connectivity index (χ1v) is 5.91. The van der Waals surface area contributed by atoms with Crippen molar-refractivity contribution < 1.29 is 9.42 Å². The van der Waals surface area contributed by atoms with Crippen molar-refractivity contribution in [3.8, 4) is 0 Å². The lowest BCUT2D eigenvalue weighted by atomic mass is 9.70. The smallest absolute Gasteiger partial charge is 0.152 e. The molecule has 0 saturated heterocycles. The van der Waals surface area contributed by atoms with Crippen LogP contribution in [0.1, 0.15) is 40.0 Å². The van der Waals surface area contributed by atoms with Crippen LogP contribution in [0.5, 0.6) is 0 Å². The Balaban J connectivity index is 2.23. The van der Waals surface area contributed by atoms with Gasteiger partial charge in [-0.2, -0.15) is 0 Å². The van der Waals surface area contributed by atoms with Crippen LogP contribution in [-0.2, 0) is 4.52 Å². The molecule has 76 valence electrons. The minimum absolute atomic E-state index is 0.266. The third kappa shape index (κ3) is 1.26. The van der Waals surface area contributed by atoms with Gasteiger partial charge in [0.25, 0.3) is 0 Å². The molecule has 0 aromatic heterocycles. The van der Waals surface area contributed by atoms with Gasteiger partial charge in [0.1, 0.15) is 0 Å². The Labute approximate surface area is 82.0 Å². The molecule has 0 amide bonds. The van der Waals surface area contributed by atoms with Crippen LogP contribution in [0.2, 0.25) is 0 Å². The van der Waals surface area contributed by atoms with Crippen molar-refractivity contribution in [1.29, 1.82) is 0 Å². The van der Waals surface area contributed by atoms with Gasteiger partial charge in [0.05, 0.1) is 6.10 Å². The van der Waals surface area contributed by atoms with Crippen LogP contribution in [0.4, 0.5) is 0 Å². The molecular formula is C10H19O2P. The molecule has 2 aliphatic rings. The lowest BCUT2D eigenvalue weighted by Gasteiger charge is -2.41. The van der Waals surface area contributed by atoms with E-state index >= 15 is 0 Å². The molecular weight excluding hydrogens is 183 g/mol. The molecule has 0 heterocycles. The van der Waals surface area contributed by atoms with E-state index in [0.29, 0.717) is 5.41 Å². The van der Waals surface area contributed by atoms with Gasteiger partial charge in [-0.1, -0.05) is 20.8 Å². The van der Waals surface area contributed by atoms with Crippen molar-refractivity contribution in [3.63, 3.8) is 0 Å². The molecule has 4 atom stereocenters. The number of fused-ring (bicyclic) bond motifs is 2. The topological polar surface area (TPSA) is 29.5 Å². The molecule has 2 bridgehead atoms. The van der Waals surface area contributed by atoms with E-state index in [1.807, 2.05) is 0 Å². The lowest BCUT2D eigenvalue weighted by Crippen LogP contribution is -2.40. The maximum Gasteiger partial charge on any atom is 0.152 e. The molecule has 2 fully saturated rings. The fraction of sp³-hybridized carbons (Fsp3) is 1.00. The molecule has 0 aromatic carbocycles.